The van der Waals surface area contributed by atoms with Crippen LogP contribution in [0.2, 0.25) is 0 Å². The highest BCUT2D eigenvalue weighted by molar-refractivity contribution is 7.25. The van der Waals surface area contributed by atoms with Crippen LogP contribution in [-0.4, -0.2) is 15.0 Å². The molecule has 1 spiro atoms. The van der Waals surface area contributed by atoms with Gasteiger partial charge in [0.25, 0.3) is 0 Å². The third kappa shape index (κ3) is 5.02. The summed E-state index contributed by atoms with van der Waals surface area (Å²) in [5, 5.41) is 2.39. The summed E-state index contributed by atoms with van der Waals surface area (Å²) in [6.45, 7) is 0. The second-order valence-electron chi connectivity index (χ2n) is 16.2. The fraction of sp³-hybridized carbons (Fsp3) is 0.0172. The summed E-state index contributed by atoms with van der Waals surface area (Å²) in [4.78, 5) is 15.7. The number of fused-ring (bicyclic) bond motifs is 13. The van der Waals surface area contributed by atoms with E-state index in [1.165, 1.54) is 70.2 Å². The van der Waals surface area contributed by atoms with Crippen LogP contribution in [0.25, 0.3) is 98.8 Å². The third-order valence-corrected chi connectivity index (χ3v) is 14.1. The minimum Gasteiger partial charge on any atom is -0.208 e. The van der Waals surface area contributed by atoms with E-state index in [1.807, 2.05) is 18.2 Å². The van der Waals surface area contributed by atoms with Crippen molar-refractivity contribution < 1.29 is 0 Å². The Kier molecular flexibility index (Phi) is 7.69. The average Bonchev–Trinajstić information content (AvgIpc) is 3.99. The Bertz CT molecular complexity index is 3560. The molecule has 0 N–H and O–H groups in total. The molecule has 0 bridgehead atoms. The number of nitrogens with zero attached hydrogens (tertiary/aromatic N) is 3. The molecular formula is C58H35N3S. The normalized spacial score (nSPS) is 13.0. The fourth-order valence-corrected chi connectivity index (χ4v) is 11.6. The number of hydrogen-bond donors (Lipinski definition) is 0. The minimum absolute atomic E-state index is 0.397. The van der Waals surface area contributed by atoms with Gasteiger partial charge in [-0.05, 0) is 85.0 Å². The molecule has 0 amide bonds. The van der Waals surface area contributed by atoms with Crippen LogP contribution in [0.5, 0.6) is 0 Å². The van der Waals surface area contributed by atoms with Gasteiger partial charge >= 0.3 is 0 Å². The monoisotopic (exact) mass is 805 g/mol. The zero-order valence-corrected chi connectivity index (χ0v) is 34.3. The predicted molar refractivity (Wildman–Crippen MR) is 256 cm³/mol. The first-order chi connectivity index (χ1) is 30.8. The van der Waals surface area contributed by atoms with Crippen molar-refractivity contribution in [3.05, 3.63) is 235 Å². The summed E-state index contributed by atoms with van der Waals surface area (Å²) < 4.78 is 2.46. The summed E-state index contributed by atoms with van der Waals surface area (Å²) in [6, 6.07) is 76.8. The lowest BCUT2D eigenvalue weighted by molar-refractivity contribution is 0.794. The molecule has 62 heavy (non-hydrogen) atoms. The highest BCUT2D eigenvalue weighted by Gasteiger charge is 2.51. The van der Waals surface area contributed by atoms with Crippen molar-refractivity contribution in [1.29, 1.82) is 0 Å². The largest absolute Gasteiger partial charge is 0.208 e. The van der Waals surface area contributed by atoms with Crippen LogP contribution in [0.4, 0.5) is 0 Å². The van der Waals surface area contributed by atoms with Crippen LogP contribution in [0, 0.1) is 0 Å². The van der Waals surface area contributed by atoms with Gasteiger partial charge in [-0.2, -0.15) is 0 Å². The Labute approximate surface area is 363 Å². The van der Waals surface area contributed by atoms with E-state index in [1.54, 1.807) is 11.3 Å². The molecule has 0 saturated carbocycles. The molecule has 4 heteroatoms. The summed E-state index contributed by atoms with van der Waals surface area (Å²) >= 11 is 1.80. The van der Waals surface area contributed by atoms with Gasteiger partial charge in [0.1, 0.15) is 0 Å². The number of benzene rings is 9. The SMILES string of the molecule is c1ccc(-c2nc(-c3ccccc3-c3cccc(-c4cccc5c4-c4ccccc4C54c5ccccc5-c5ccccc54)c3)nc(-c3cccc4sc5ccccc5c34)n2)cc1. The second kappa shape index (κ2) is 13.6. The molecule has 0 radical (unpaired) electrons. The Balaban J connectivity index is 0.993. The van der Waals surface area contributed by atoms with Crippen LogP contribution in [0.1, 0.15) is 22.3 Å². The van der Waals surface area contributed by atoms with Crippen molar-refractivity contribution in [3.8, 4) is 78.7 Å². The summed E-state index contributed by atoms with van der Waals surface area (Å²) in [5.41, 5.74) is 17.6. The first-order valence-electron chi connectivity index (χ1n) is 21.1. The van der Waals surface area contributed by atoms with E-state index >= 15 is 0 Å². The van der Waals surface area contributed by atoms with Crippen LogP contribution in [0.3, 0.4) is 0 Å². The zero-order valence-electron chi connectivity index (χ0n) is 33.5. The molecule has 11 aromatic rings. The highest BCUT2D eigenvalue weighted by Crippen LogP contribution is 2.64. The van der Waals surface area contributed by atoms with E-state index < -0.39 is 5.41 Å². The smallest absolute Gasteiger partial charge is 0.164 e. The topological polar surface area (TPSA) is 38.7 Å². The van der Waals surface area contributed by atoms with Gasteiger partial charge in [0.2, 0.25) is 0 Å². The molecule has 288 valence electrons. The number of rotatable bonds is 5. The molecule has 2 aliphatic rings. The van der Waals surface area contributed by atoms with Gasteiger partial charge in [-0.25, -0.2) is 15.0 Å². The van der Waals surface area contributed by atoms with E-state index in [-0.39, 0.29) is 0 Å². The summed E-state index contributed by atoms with van der Waals surface area (Å²) in [6.07, 6.45) is 0. The van der Waals surface area contributed by atoms with E-state index in [4.69, 9.17) is 15.0 Å². The van der Waals surface area contributed by atoms with Gasteiger partial charge in [0.05, 0.1) is 5.41 Å². The van der Waals surface area contributed by atoms with E-state index in [2.05, 4.69) is 194 Å². The molecule has 2 aliphatic carbocycles. The predicted octanol–water partition coefficient (Wildman–Crippen LogP) is 14.9. The molecule has 0 unspecified atom stereocenters. The van der Waals surface area contributed by atoms with Crippen molar-refractivity contribution in [3.63, 3.8) is 0 Å². The number of aromatic nitrogens is 3. The van der Waals surface area contributed by atoms with Crippen molar-refractivity contribution in [2.45, 2.75) is 5.41 Å². The highest BCUT2D eigenvalue weighted by atomic mass is 32.1. The lowest BCUT2D eigenvalue weighted by Crippen LogP contribution is -2.25. The maximum absolute atomic E-state index is 5.33. The molecule has 2 heterocycles. The lowest BCUT2D eigenvalue weighted by atomic mass is 9.70. The van der Waals surface area contributed by atoms with Crippen LogP contribution < -0.4 is 0 Å². The van der Waals surface area contributed by atoms with Crippen molar-refractivity contribution >= 4 is 31.5 Å². The second-order valence-corrected chi connectivity index (χ2v) is 17.3. The van der Waals surface area contributed by atoms with Gasteiger partial charge < -0.3 is 0 Å². The molecule has 9 aromatic carbocycles. The maximum Gasteiger partial charge on any atom is 0.164 e. The average molecular weight is 806 g/mol. The molecule has 0 aliphatic heterocycles. The van der Waals surface area contributed by atoms with Gasteiger partial charge in [-0.15, -0.1) is 11.3 Å². The molecule has 2 aromatic heterocycles. The first-order valence-corrected chi connectivity index (χ1v) is 21.9. The Hall–Kier alpha value is -7.79. The summed E-state index contributed by atoms with van der Waals surface area (Å²) in [5.74, 6) is 1.95. The Morgan fingerprint density at radius 3 is 1.53 bits per heavy atom. The standard InChI is InChI=1S/C58H35N3S/c1-2-17-36(18-3-1)55-59-56(61-57(60-55)46-28-16-34-52-54(46)45-26-9-13-33-51(45)62-52)43-24-5-4-21-39(43)37-19-14-20-38(35-37)40-27-15-32-50-53(40)44-25-8-12-31-49(44)58(50)47-29-10-6-22-41(47)42-23-7-11-30-48(42)58/h1-35H. The molecule has 0 atom stereocenters. The number of thiophene rings is 1. The zero-order chi connectivity index (χ0) is 40.8. The van der Waals surface area contributed by atoms with Crippen LogP contribution in [-0.2, 0) is 5.41 Å². The van der Waals surface area contributed by atoms with Crippen LogP contribution >= 0.6 is 11.3 Å². The van der Waals surface area contributed by atoms with Crippen molar-refractivity contribution in [2.75, 3.05) is 0 Å². The fourth-order valence-electron chi connectivity index (χ4n) is 10.5. The minimum atomic E-state index is -0.397. The molecule has 0 saturated heterocycles. The van der Waals surface area contributed by atoms with E-state index in [0.29, 0.717) is 17.5 Å². The number of hydrogen-bond acceptors (Lipinski definition) is 4. The van der Waals surface area contributed by atoms with Crippen molar-refractivity contribution in [1.82, 2.24) is 15.0 Å². The van der Waals surface area contributed by atoms with Crippen molar-refractivity contribution in [2.24, 2.45) is 0 Å². The van der Waals surface area contributed by atoms with Crippen LogP contribution in [0.15, 0.2) is 212 Å². The lowest BCUT2D eigenvalue weighted by Gasteiger charge is -2.30. The first kappa shape index (κ1) is 35.0. The van der Waals surface area contributed by atoms with E-state index in [0.717, 1.165) is 33.4 Å². The third-order valence-electron chi connectivity index (χ3n) is 13.0. The Morgan fingerprint density at radius 1 is 0.306 bits per heavy atom. The summed E-state index contributed by atoms with van der Waals surface area (Å²) in [7, 11) is 0. The van der Waals surface area contributed by atoms with Gasteiger partial charge in [-0.1, -0.05) is 194 Å². The Morgan fingerprint density at radius 2 is 0.774 bits per heavy atom. The quantitative estimate of drug-likeness (QED) is 0.174. The molecule has 3 nitrogen and oxygen atoms in total. The molecule has 0 fully saturated rings. The molecule has 13 rings (SSSR count). The van der Waals surface area contributed by atoms with Gasteiger partial charge in [0, 0.05) is 36.9 Å². The maximum atomic E-state index is 5.33. The van der Waals surface area contributed by atoms with Gasteiger partial charge in [-0.3, -0.25) is 0 Å². The van der Waals surface area contributed by atoms with E-state index in [9.17, 15) is 0 Å². The molecular weight excluding hydrogens is 771 g/mol. The van der Waals surface area contributed by atoms with Gasteiger partial charge in [0.15, 0.2) is 17.5 Å².